The van der Waals surface area contributed by atoms with Gasteiger partial charge in [0.15, 0.2) is 0 Å². The number of nitrogens with one attached hydrogen (secondary N) is 1. The SMILES string of the molecule is CNCC(O)c1cccc(N2CCN(C(C)C)C2=O)c1. The molecule has 1 unspecified atom stereocenters. The lowest BCUT2D eigenvalue weighted by atomic mass is 10.1. The molecule has 1 aromatic rings. The molecule has 20 heavy (non-hydrogen) atoms. The first-order chi connectivity index (χ1) is 9.54. The number of carbonyl (C=O) groups is 1. The van der Waals surface area contributed by atoms with Gasteiger partial charge in [-0.1, -0.05) is 12.1 Å². The number of hydrogen-bond donors (Lipinski definition) is 2. The first kappa shape index (κ1) is 14.8. The second-order valence-electron chi connectivity index (χ2n) is 5.39. The highest BCUT2D eigenvalue weighted by atomic mass is 16.3. The van der Waals surface area contributed by atoms with Crippen molar-refractivity contribution in [3.63, 3.8) is 0 Å². The number of amides is 2. The second kappa shape index (κ2) is 6.24. The largest absolute Gasteiger partial charge is 0.387 e. The minimum atomic E-state index is -0.557. The summed E-state index contributed by atoms with van der Waals surface area (Å²) in [4.78, 5) is 16.0. The Balaban J connectivity index is 2.18. The molecular weight excluding hydrogens is 254 g/mol. The normalized spacial score (nSPS) is 17.1. The zero-order valence-corrected chi connectivity index (χ0v) is 12.3. The van der Waals surface area contributed by atoms with E-state index in [-0.39, 0.29) is 12.1 Å². The molecule has 1 aromatic carbocycles. The molecule has 0 aromatic heterocycles. The maximum absolute atomic E-state index is 12.3. The van der Waals surface area contributed by atoms with Gasteiger partial charge in [0.1, 0.15) is 0 Å². The minimum absolute atomic E-state index is 0.0419. The van der Waals surface area contributed by atoms with Gasteiger partial charge in [-0.3, -0.25) is 4.90 Å². The molecule has 1 aliphatic heterocycles. The van der Waals surface area contributed by atoms with Gasteiger partial charge in [0.25, 0.3) is 0 Å². The lowest BCUT2D eigenvalue weighted by Crippen LogP contribution is -2.36. The maximum Gasteiger partial charge on any atom is 0.324 e. The topological polar surface area (TPSA) is 55.8 Å². The number of urea groups is 1. The van der Waals surface area contributed by atoms with Gasteiger partial charge in [-0.15, -0.1) is 0 Å². The molecule has 1 aliphatic rings. The maximum atomic E-state index is 12.3. The van der Waals surface area contributed by atoms with E-state index in [1.807, 2.05) is 43.0 Å². The summed E-state index contributed by atoms with van der Waals surface area (Å²) in [6.07, 6.45) is -0.557. The van der Waals surface area contributed by atoms with Crippen LogP contribution in [-0.4, -0.2) is 48.8 Å². The predicted octanol–water partition coefficient (Wildman–Crippen LogP) is 1.59. The highest BCUT2D eigenvalue weighted by molar-refractivity contribution is 5.94. The Kier molecular flexibility index (Phi) is 4.62. The second-order valence-corrected chi connectivity index (χ2v) is 5.39. The van der Waals surface area contributed by atoms with E-state index >= 15 is 0 Å². The van der Waals surface area contributed by atoms with Crippen molar-refractivity contribution in [1.82, 2.24) is 10.2 Å². The molecule has 5 nitrogen and oxygen atoms in total. The fourth-order valence-corrected chi connectivity index (χ4v) is 2.48. The number of aliphatic hydroxyl groups excluding tert-OH is 1. The summed E-state index contributed by atoms with van der Waals surface area (Å²) < 4.78 is 0. The summed E-state index contributed by atoms with van der Waals surface area (Å²) in [6.45, 7) is 5.99. The zero-order valence-electron chi connectivity index (χ0n) is 12.3. The first-order valence-corrected chi connectivity index (χ1v) is 7.05. The monoisotopic (exact) mass is 277 g/mol. The van der Waals surface area contributed by atoms with Crippen LogP contribution in [0.15, 0.2) is 24.3 Å². The van der Waals surface area contributed by atoms with Crippen LogP contribution in [0.1, 0.15) is 25.5 Å². The van der Waals surface area contributed by atoms with E-state index in [1.165, 1.54) is 0 Å². The van der Waals surface area contributed by atoms with Gasteiger partial charge < -0.3 is 15.3 Å². The number of hydrogen-bond acceptors (Lipinski definition) is 3. The average Bonchev–Trinajstić information content (AvgIpc) is 2.81. The van der Waals surface area contributed by atoms with Crippen LogP contribution in [0.3, 0.4) is 0 Å². The fraction of sp³-hybridized carbons (Fsp3) is 0.533. The van der Waals surface area contributed by atoms with Crippen LogP contribution in [0, 0.1) is 0 Å². The van der Waals surface area contributed by atoms with Gasteiger partial charge in [0.2, 0.25) is 0 Å². The van der Waals surface area contributed by atoms with Gasteiger partial charge in [-0.25, -0.2) is 4.79 Å². The quantitative estimate of drug-likeness (QED) is 0.859. The highest BCUT2D eigenvalue weighted by Crippen LogP contribution is 2.24. The number of nitrogens with zero attached hydrogens (tertiary/aromatic N) is 2. The van der Waals surface area contributed by atoms with E-state index in [2.05, 4.69) is 5.32 Å². The van der Waals surface area contributed by atoms with Gasteiger partial charge in [-0.2, -0.15) is 0 Å². The summed E-state index contributed by atoms with van der Waals surface area (Å²) in [5.74, 6) is 0. The molecule has 2 N–H and O–H groups in total. The van der Waals surface area contributed by atoms with Crippen molar-refractivity contribution in [2.75, 3.05) is 31.6 Å². The average molecular weight is 277 g/mol. The summed E-state index contributed by atoms with van der Waals surface area (Å²) in [6, 6.07) is 7.83. The zero-order chi connectivity index (χ0) is 14.7. The summed E-state index contributed by atoms with van der Waals surface area (Å²) in [5, 5.41) is 13.0. The lowest BCUT2D eigenvalue weighted by molar-refractivity contribution is 0.178. The molecule has 1 atom stereocenters. The van der Waals surface area contributed by atoms with Gasteiger partial charge in [0, 0.05) is 31.4 Å². The van der Waals surface area contributed by atoms with Crippen molar-refractivity contribution >= 4 is 11.7 Å². The summed E-state index contributed by atoms with van der Waals surface area (Å²) >= 11 is 0. The van der Waals surface area contributed by atoms with E-state index in [9.17, 15) is 9.90 Å². The van der Waals surface area contributed by atoms with Crippen molar-refractivity contribution in [1.29, 1.82) is 0 Å². The Hall–Kier alpha value is -1.59. The standard InChI is InChI=1S/C15H23N3O2/c1-11(2)17-7-8-18(15(17)20)13-6-4-5-12(9-13)14(19)10-16-3/h4-6,9,11,14,16,19H,7-8,10H2,1-3H3. The number of anilines is 1. The molecule has 2 amide bonds. The first-order valence-electron chi connectivity index (χ1n) is 7.05. The van der Waals surface area contributed by atoms with Crippen molar-refractivity contribution < 1.29 is 9.90 Å². The van der Waals surface area contributed by atoms with Crippen LogP contribution in [0.2, 0.25) is 0 Å². The van der Waals surface area contributed by atoms with Crippen LogP contribution in [0.5, 0.6) is 0 Å². The van der Waals surface area contributed by atoms with Crippen LogP contribution in [-0.2, 0) is 0 Å². The smallest absolute Gasteiger partial charge is 0.324 e. The number of aliphatic hydroxyl groups is 1. The third-order valence-electron chi connectivity index (χ3n) is 3.63. The van der Waals surface area contributed by atoms with Gasteiger partial charge >= 0.3 is 6.03 Å². The highest BCUT2D eigenvalue weighted by Gasteiger charge is 2.31. The Morgan fingerprint density at radius 3 is 2.70 bits per heavy atom. The Labute approximate surface area is 120 Å². The molecule has 1 heterocycles. The molecule has 0 aliphatic carbocycles. The van der Waals surface area contributed by atoms with Crippen molar-refractivity contribution in [3.8, 4) is 0 Å². The Morgan fingerprint density at radius 1 is 1.35 bits per heavy atom. The molecule has 5 heteroatoms. The van der Waals surface area contributed by atoms with E-state index in [1.54, 1.807) is 11.9 Å². The van der Waals surface area contributed by atoms with Crippen LogP contribution in [0.4, 0.5) is 10.5 Å². The number of rotatable bonds is 5. The van der Waals surface area contributed by atoms with E-state index in [4.69, 9.17) is 0 Å². The molecule has 2 rings (SSSR count). The molecule has 0 saturated carbocycles. The Morgan fingerprint density at radius 2 is 2.10 bits per heavy atom. The van der Waals surface area contributed by atoms with Gasteiger partial charge in [-0.05, 0) is 38.6 Å². The number of benzene rings is 1. The molecular formula is C15H23N3O2. The lowest BCUT2D eigenvalue weighted by Gasteiger charge is -2.22. The number of likely N-dealkylation sites (N-methyl/N-ethyl adjacent to an activating group) is 1. The third-order valence-corrected chi connectivity index (χ3v) is 3.63. The molecule has 0 radical (unpaired) electrons. The minimum Gasteiger partial charge on any atom is -0.387 e. The molecule has 1 fully saturated rings. The third kappa shape index (κ3) is 2.94. The Bertz CT molecular complexity index is 476. The molecule has 0 spiro atoms. The van der Waals surface area contributed by atoms with Crippen molar-refractivity contribution in [3.05, 3.63) is 29.8 Å². The van der Waals surface area contributed by atoms with E-state index < -0.39 is 6.10 Å². The van der Waals surface area contributed by atoms with Crippen LogP contribution in [0.25, 0.3) is 0 Å². The van der Waals surface area contributed by atoms with Crippen molar-refractivity contribution in [2.24, 2.45) is 0 Å². The van der Waals surface area contributed by atoms with Crippen molar-refractivity contribution in [2.45, 2.75) is 26.0 Å². The number of carbonyl (C=O) groups excluding carboxylic acids is 1. The summed E-state index contributed by atoms with van der Waals surface area (Å²) in [5.41, 5.74) is 1.68. The fourth-order valence-electron chi connectivity index (χ4n) is 2.48. The molecule has 110 valence electrons. The molecule has 1 saturated heterocycles. The van der Waals surface area contributed by atoms with Crippen LogP contribution < -0.4 is 10.2 Å². The van der Waals surface area contributed by atoms with Crippen LogP contribution >= 0.6 is 0 Å². The molecule has 0 bridgehead atoms. The predicted molar refractivity (Wildman–Crippen MR) is 79.9 cm³/mol. The van der Waals surface area contributed by atoms with E-state index in [0.29, 0.717) is 13.1 Å². The van der Waals surface area contributed by atoms with Gasteiger partial charge in [0.05, 0.1) is 6.10 Å². The summed E-state index contributed by atoms with van der Waals surface area (Å²) in [7, 11) is 1.80. The van der Waals surface area contributed by atoms with E-state index in [0.717, 1.165) is 17.8 Å².